The molecule has 0 radical (unpaired) electrons. The Bertz CT molecular complexity index is 503. The SMILES string of the molecule is Nc1cccc(C=Cc2ccccc2)c1O. The van der Waals surface area contributed by atoms with Crippen molar-refractivity contribution in [1.82, 2.24) is 0 Å². The summed E-state index contributed by atoms with van der Waals surface area (Å²) in [6.07, 6.45) is 3.79. The first-order valence-corrected chi connectivity index (χ1v) is 5.08. The minimum atomic E-state index is 0.134. The van der Waals surface area contributed by atoms with E-state index in [1.807, 2.05) is 54.6 Å². The molecule has 0 aromatic heterocycles. The van der Waals surface area contributed by atoms with Crippen LogP contribution in [0.2, 0.25) is 0 Å². The summed E-state index contributed by atoms with van der Waals surface area (Å²) >= 11 is 0. The van der Waals surface area contributed by atoms with E-state index >= 15 is 0 Å². The van der Waals surface area contributed by atoms with E-state index in [9.17, 15) is 5.11 Å². The van der Waals surface area contributed by atoms with Crippen LogP contribution < -0.4 is 5.73 Å². The highest BCUT2D eigenvalue weighted by molar-refractivity contribution is 5.75. The van der Waals surface area contributed by atoms with E-state index in [1.165, 1.54) is 0 Å². The highest BCUT2D eigenvalue weighted by atomic mass is 16.3. The molecule has 2 nitrogen and oxygen atoms in total. The lowest BCUT2D eigenvalue weighted by atomic mass is 10.1. The van der Waals surface area contributed by atoms with Crippen molar-refractivity contribution in [2.24, 2.45) is 0 Å². The van der Waals surface area contributed by atoms with E-state index < -0.39 is 0 Å². The predicted octanol–water partition coefficient (Wildman–Crippen LogP) is 3.14. The fraction of sp³-hybridized carbons (Fsp3) is 0. The molecule has 0 saturated heterocycles. The molecule has 0 aliphatic rings. The van der Waals surface area contributed by atoms with Gasteiger partial charge in [-0.05, 0) is 11.6 Å². The largest absolute Gasteiger partial charge is 0.505 e. The van der Waals surface area contributed by atoms with Crippen molar-refractivity contribution in [2.45, 2.75) is 0 Å². The number of benzene rings is 2. The van der Waals surface area contributed by atoms with Crippen LogP contribution in [-0.2, 0) is 0 Å². The third-order valence-electron chi connectivity index (χ3n) is 2.35. The molecule has 0 amide bonds. The van der Waals surface area contributed by atoms with Crippen molar-refractivity contribution in [3.05, 3.63) is 59.7 Å². The standard InChI is InChI=1S/C14H13NO/c15-13-8-4-7-12(14(13)16)10-9-11-5-2-1-3-6-11/h1-10,16H,15H2. The summed E-state index contributed by atoms with van der Waals surface area (Å²) in [6.45, 7) is 0. The van der Waals surface area contributed by atoms with Gasteiger partial charge in [0.25, 0.3) is 0 Å². The summed E-state index contributed by atoms with van der Waals surface area (Å²) in [7, 11) is 0. The average molecular weight is 211 g/mol. The van der Waals surface area contributed by atoms with Gasteiger partial charge in [-0.25, -0.2) is 0 Å². The molecule has 0 atom stereocenters. The zero-order valence-corrected chi connectivity index (χ0v) is 8.80. The van der Waals surface area contributed by atoms with Crippen molar-refractivity contribution < 1.29 is 5.11 Å². The maximum atomic E-state index is 9.70. The monoisotopic (exact) mass is 211 g/mol. The Balaban J connectivity index is 2.28. The van der Waals surface area contributed by atoms with Crippen LogP contribution in [0, 0.1) is 0 Å². The van der Waals surface area contributed by atoms with Crippen molar-refractivity contribution in [3.8, 4) is 5.75 Å². The van der Waals surface area contributed by atoms with Gasteiger partial charge in [0.15, 0.2) is 0 Å². The summed E-state index contributed by atoms with van der Waals surface area (Å²) in [6, 6.07) is 15.2. The van der Waals surface area contributed by atoms with Crippen LogP contribution in [-0.4, -0.2) is 5.11 Å². The first-order chi connectivity index (χ1) is 7.77. The van der Waals surface area contributed by atoms with E-state index in [1.54, 1.807) is 6.07 Å². The Morgan fingerprint density at radius 1 is 0.875 bits per heavy atom. The van der Waals surface area contributed by atoms with E-state index in [0.717, 1.165) is 11.1 Å². The third-order valence-corrected chi connectivity index (χ3v) is 2.35. The summed E-state index contributed by atoms with van der Waals surface area (Å²) in [5, 5.41) is 9.70. The summed E-state index contributed by atoms with van der Waals surface area (Å²) < 4.78 is 0. The van der Waals surface area contributed by atoms with Crippen LogP contribution in [0.15, 0.2) is 48.5 Å². The highest BCUT2D eigenvalue weighted by Gasteiger charge is 1.99. The van der Waals surface area contributed by atoms with E-state index in [4.69, 9.17) is 5.73 Å². The van der Waals surface area contributed by atoms with Crippen LogP contribution >= 0.6 is 0 Å². The molecule has 16 heavy (non-hydrogen) atoms. The second kappa shape index (κ2) is 4.53. The number of hydrogen-bond donors (Lipinski definition) is 2. The van der Waals surface area contributed by atoms with Crippen LogP contribution in [0.5, 0.6) is 5.75 Å². The zero-order valence-electron chi connectivity index (χ0n) is 8.80. The molecule has 80 valence electrons. The average Bonchev–Trinajstić information content (AvgIpc) is 2.32. The van der Waals surface area contributed by atoms with Crippen molar-refractivity contribution in [2.75, 3.05) is 5.73 Å². The number of phenols is 1. The number of phenolic OH excluding ortho intramolecular Hbond substituents is 1. The van der Waals surface area contributed by atoms with Crippen LogP contribution in [0.1, 0.15) is 11.1 Å². The predicted molar refractivity (Wildman–Crippen MR) is 67.9 cm³/mol. The van der Waals surface area contributed by atoms with Gasteiger partial charge in [-0.3, -0.25) is 0 Å². The molecule has 2 heteroatoms. The van der Waals surface area contributed by atoms with Crippen molar-refractivity contribution in [1.29, 1.82) is 0 Å². The van der Waals surface area contributed by atoms with Crippen LogP contribution in [0.4, 0.5) is 5.69 Å². The Hall–Kier alpha value is -2.22. The molecule has 0 bridgehead atoms. The quantitative estimate of drug-likeness (QED) is 0.455. The first-order valence-electron chi connectivity index (χ1n) is 5.08. The van der Waals surface area contributed by atoms with Gasteiger partial charge in [-0.2, -0.15) is 0 Å². The first kappa shape index (κ1) is 10.3. The normalized spacial score (nSPS) is 10.8. The third kappa shape index (κ3) is 2.23. The van der Waals surface area contributed by atoms with E-state index in [-0.39, 0.29) is 5.75 Å². The lowest BCUT2D eigenvalue weighted by molar-refractivity contribution is 0.477. The molecule has 3 N–H and O–H groups in total. The number of rotatable bonds is 2. The molecular formula is C14H13NO. The maximum absolute atomic E-state index is 9.70. The number of anilines is 1. The Morgan fingerprint density at radius 3 is 2.38 bits per heavy atom. The molecule has 0 fully saturated rings. The number of para-hydroxylation sites is 1. The highest BCUT2D eigenvalue weighted by Crippen LogP contribution is 2.25. The molecule has 2 aromatic carbocycles. The van der Waals surface area contributed by atoms with Crippen molar-refractivity contribution in [3.63, 3.8) is 0 Å². The molecule has 0 spiro atoms. The molecule has 0 unspecified atom stereocenters. The van der Waals surface area contributed by atoms with Gasteiger partial charge < -0.3 is 10.8 Å². The molecule has 0 heterocycles. The van der Waals surface area contributed by atoms with Gasteiger partial charge in [0.1, 0.15) is 5.75 Å². The number of nitrogens with two attached hydrogens (primary N) is 1. The fourth-order valence-corrected chi connectivity index (χ4v) is 1.46. The minimum Gasteiger partial charge on any atom is -0.505 e. The molecule has 2 aromatic rings. The van der Waals surface area contributed by atoms with E-state index in [0.29, 0.717) is 5.69 Å². The van der Waals surface area contributed by atoms with Gasteiger partial charge in [0.05, 0.1) is 5.69 Å². The fourth-order valence-electron chi connectivity index (χ4n) is 1.46. The molecule has 0 saturated carbocycles. The number of nitrogen functional groups attached to an aromatic ring is 1. The second-order valence-corrected chi connectivity index (χ2v) is 3.53. The summed E-state index contributed by atoms with van der Waals surface area (Å²) in [5.74, 6) is 0.134. The van der Waals surface area contributed by atoms with Crippen LogP contribution in [0.25, 0.3) is 12.2 Å². The van der Waals surface area contributed by atoms with Crippen molar-refractivity contribution >= 4 is 17.8 Å². The Kier molecular flexibility index (Phi) is 2.92. The Morgan fingerprint density at radius 2 is 1.62 bits per heavy atom. The lowest BCUT2D eigenvalue weighted by Gasteiger charge is -2.01. The number of aromatic hydroxyl groups is 1. The molecular weight excluding hydrogens is 198 g/mol. The van der Waals surface area contributed by atoms with Crippen LogP contribution in [0.3, 0.4) is 0 Å². The Labute approximate surface area is 94.7 Å². The molecule has 0 aliphatic heterocycles. The minimum absolute atomic E-state index is 0.134. The number of hydrogen-bond acceptors (Lipinski definition) is 2. The smallest absolute Gasteiger partial charge is 0.145 e. The second-order valence-electron chi connectivity index (χ2n) is 3.53. The van der Waals surface area contributed by atoms with Gasteiger partial charge in [-0.1, -0.05) is 54.6 Å². The maximum Gasteiger partial charge on any atom is 0.145 e. The van der Waals surface area contributed by atoms with Gasteiger partial charge in [0.2, 0.25) is 0 Å². The lowest BCUT2D eigenvalue weighted by Crippen LogP contribution is -1.86. The topological polar surface area (TPSA) is 46.2 Å². The van der Waals surface area contributed by atoms with E-state index in [2.05, 4.69) is 0 Å². The molecule has 2 rings (SSSR count). The summed E-state index contributed by atoms with van der Waals surface area (Å²) in [4.78, 5) is 0. The van der Waals surface area contributed by atoms with Gasteiger partial charge in [0, 0.05) is 5.56 Å². The zero-order chi connectivity index (χ0) is 11.4. The summed E-state index contributed by atoms with van der Waals surface area (Å²) in [5.41, 5.74) is 7.82. The van der Waals surface area contributed by atoms with Gasteiger partial charge >= 0.3 is 0 Å². The molecule has 0 aliphatic carbocycles. The van der Waals surface area contributed by atoms with Gasteiger partial charge in [-0.15, -0.1) is 0 Å².